The number of hydrogen-bond acceptors (Lipinski definition) is 2. The van der Waals surface area contributed by atoms with E-state index in [1.807, 2.05) is 12.2 Å². The van der Waals surface area contributed by atoms with E-state index in [0.717, 1.165) is 38.5 Å². The Morgan fingerprint density at radius 1 is 0.560 bits per heavy atom. The third-order valence-corrected chi connectivity index (χ3v) is 5.55. The summed E-state index contributed by atoms with van der Waals surface area (Å²) in [7, 11) is 0. The molecule has 0 rings (SSSR count). The topological polar surface area (TPSA) is 40.5 Å². The van der Waals surface area contributed by atoms with Gasteiger partial charge in [-0.05, 0) is 52.4 Å². The molecule has 2 N–H and O–H groups in total. The van der Waals surface area contributed by atoms with Crippen LogP contribution in [0.15, 0.2) is 25.3 Å². The number of hydrogen-bond donors (Lipinski definition) is 2. The van der Waals surface area contributed by atoms with Gasteiger partial charge in [-0.1, -0.05) is 69.9 Å². The van der Waals surface area contributed by atoms with E-state index >= 15 is 0 Å². The standard InChI is InChI=1S/C23H44O2/c1-5-7-9-11-13-14-15-17-19-21-23(4,25)22(3,24)20-18-16-12-10-8-6-2/h5-6,24-25H,1-2,7-21H2,3-4H3/t22-,23+/m1/s1. The van der Waals surface area contributed by atoms with Crippen molar-refractivity contribution in [1.29, 1.82) is 0 Å². The zero-order valence-corrected chi connectivity index (χ0v) is 17.1. The van der Waals surface area contributed by atoms with Crippen LogP contribution in [0.3, 0.4) is 0 Å². The van der Waals surface area contributed by atoms with Crippen molar-refractivity contribution >= 4 is 0 Å². The van der Waals surface area contributed by atoms with E-state index in [1.165, 1.54) is 44.9 Å². The van der Waals surface area contributed by atoms with Gasteiger partial charge in [-0.15, -0.1) is 13.2 Å². The van der Waals surface area contributed by atoms with Crippen molar-refractivity contribution in [3.05, 3.63) is 25.3 Å². The number of unbranched alkanes of at least 4 members (excludes halogenated alkanes) is 11. The van der Waals surface area contributed by atoms with Gasteiger partial charge in [0.1, 0.15) is 0 Å². The van der Waals surface area contributed by atoms with Gasteiger partial charge in [-0.25, -0.2) is 0 Å². The minimum absolute atomic E-state index is 0.678. The summed E-state index contributed by atoms with van der Waals surface area (Å²) in [5, 5.41) is 21.4. The fraction of sp³-hybridized carbons (Fsp3) is 0.826. The second-order valence-corrected chi connectivity index (χ2v) is 8.09. The molecule has 2 nitrogen and oxygen atoms in total. The molecule has 0 aliphatic rings. The third kappa shape index (κ3) is 12.4. The average molecular weight is 353 g/mol. The molecule has 2 heteroatoms. The largest absolute Gasteiger partial charge is 0.387 e. The summed E-state index contributed by atoms with van der Waals surface area (Å²) in [6.07, 6.45) is 20.5. The molecule has 0 unspecified atom stereocenters. The van der Waals surface area contributed by atoms with Gasteiger partial charge in [0, 0.05) is 0 Å². The zero-order valence-electron chi connectivity index (χ0n) is 17.1. The van der Waals surface area contributed by atoms with Gasteiger partial charge >= 0.3 is 0 Å². The van der Waals surface area contributed by atoms with E-state index in [-0.39, 0.29) is 0 Å². The Hall–Kier alpha value is -0.600. The van der Waals surface area contributed by atoms with Gasteiger partial charge in [-0.2, -0.15) is 0 Å². The van der Waals surface area contributed by atoms with Gasteiger partial charge in [0.15, 0.2) is 0 Å². The van der Waals surface area contributed by atoms with E-state index in [2.05, 4.69) is 13.2 Å². The summed E-state index contributed by atoms with van der Waals surface area (Å²) >= 11 is 0. The van der Waals surface area contributed by atoms with Crippen molar-refractivity contribution < 1.29 is 10.2 Å². The summed E-state index contributed by atoms with van der Waals surface area (Å²) in [5.74, 6) is 0. The van der Waals surface area contributed by atoms with Gasteiger partial charge in [0.25, 0.3) is 0 Å². The highest BCUT2D eigenvalue weighted by Crippen LogP contribution is 2.32. The second kappa shape index (κ2) is 14.6. The first-order valence-corrected chi connectivity index (χ1v) is 10.5. The fourth-order valence-corrected chi connectivity index (χ4v) is 3.29. The minimum Gasteiger partial charge on any atom is -0.387 e. The molecule has 0 aliphatic heterocycles. The van der Waals surface area contributed by atoms with Gasteiger partial charge in [-0.3, -0.25) is 0 Å². The first-order chi connectivity index (χ1) is 11.9. The van der Waals surface area contributed by atoms with Gasteiger partial charge < -0.3 is 10.2 Å². The van der Waals surface area contributed by atoms with Gasteiger partial charge in [0.05, 0.1) is 11.2 Å². The van der Waals surface area contributed by atoms with Crippen LogP contribution in [0.5, 0.6) is 0 Å². The Balaban J connectivity index is 3.80. The Bertz CT molecular complexity index is 331. The minimum atomic E-state index is -0.990. The lowest BCUT2D eigenvalue weighted by atomic mass is 9.78. The highest BCUT2D eigenvalue weighted by Gasteiger charge is 2.40. The summed E-state index contributed by atoms with van der Waals surface area (Å²) < 4.78 is 0. The van der Waals surface area contributed by atoms with Crippen molar-refractivity contribution in [2.24, 2.45) is 0 Å². The highest BCUT2D eigenvalue weighted by molar-refractivity contribution is 4.93. The van der Waals surface area contributed by atoms with Crippen molar-refractivity contribution in [2.75, 3.05) is 0 Å². The molecular weight excluding hydrogens is 308 g/mol. The van der Waals surface area contributed by atoms with Crippen molar-refractivity contribution in [3.63, 3.8) is 0 Å². The normalized spacial score (nSPS) is 16.2. The van der Waals surface area contributed by atoms with Crippen LogP contribution in [0.2, 0.25) is 0 Å². The lowest BCUT2D eigenvalue weighted by Gasteiger charge is -2.39. The molecule has 0 aromatic heterocycles. The first kappa shape index (κ1) is 24.4. The van der Waals surface area contributed by atoms with Crippen molar-refractivity contribution in [3.8, 4) is 0 Å². The van der Waals surface area contributed by atoms with Crippen LogP contribution in [0.4, 0.5) is 0 Å². The SMILES string of the molecule is C=CCCCCCCCCC[C@](C)(O)[C@](C)(O)CCCCCCC=C. The molecule has 0 saturated carbocycles. The van der Waals surface area contributed by atoms with Crippen LogP contribution in [-0.2, 0) is 0 Å². The van der Waals surface area contributed by atoms with Crippen molar-refractivity contribution in [2.45, 2.75) is 121 Å². The van der Waals surface area contributed by atoms with E-state index in [1.54, 1.807) is 13.8 Å². The van der Waals surface area contributed by atoms with Crippen LogP contribution in [0.25, 0.3) is 0 Å². The molecule has 2 atom stereocenters. The highest BCUT2D eigenvalue weighted by atomic mass is 16.4. The summed E-state index contributed by atoms with van der Waals surface area (Å²) in [4.78, 5) is 0. The van der Waals surface area contributed by atoms with E-state index in [4.69, 9.17) is 0 Å². The van der Waals surface area contributed by atoms with E-state index in [0.29, 0.717) is 12.8 Å². The smallest absolute Gasteiger partial charge is 0.0902 e. The molecule has 0 amide bonds. The molecule has 0 saturated heterocycles. The molecule has 0 radical (unpaired) electrons. The Labute approximate surface area is 157 Å². The predicted molar refractivity (Wildman–Crippen MR) is 111 cm³/mol. The molecule has 25 heavy (non-hydrogen) atoms. The van der Waals surface area contributed by atoms with E-state index < -0.39 is 11.2 Å². The Morgan fingerprint density at radius 3 is 1.16 bits per heavy atom. The molecule has 0 aromatic carbocycles. The van der Waals surface area contributed by atoms with Gasteiger partial charge in [0.2, 0.25) is 0 Å². The maximum absolute atomic E-state index is 10.7. The lowest BCUT2D eigenvalue weighted by Crippen LogP contribution is -2.49. The molecule has 0 fully saturated rings. The first-order valence-electron chi connectivity index (χ1n) is 10.5. The molecule has 0 spiro atoms. The average Bonchev–Trinajstić information content (AvgIpc) is 2.56. The number of rotatable bonds is 18. The molecular formula is C23H44O2. The fourth-order valence-electron chi connectivity index (χ4n) is 3.29. The monoisotopic (exact) mass is 352 g/mol. The summed E-state index contributed by atoms with van der Waals surface area (Å²) in [5.41, 5.74) is -1.98. The Morgan fingerprint density at radius 2 is 0.840 bits per heavy atom. The Kier molecular flexibility index (Phi) is 14.2. The van der Waals surface area contributed by atoms with Crippen molar-refractivity contribution in [1.82, 2.24) is 0 Å². The molecule has 0 bridgehead atoms. The second-order valence-electron chi connectivity index (χ2n) is 8.09. The maximum Gasteiger partial charge on any atom is 0.0902 e. The predicted octanol–water partition coefficient (Wildman–Crippen LogP) is 6.71. The maximum atomic E-state index is 10.7. The number of aliphatic hydroxyl groups is 2. The molecule has 0 aromatic rings. The van der Waals surface area contributed by atoms with Crippen LogP contribution in [0.1, 0.15) is 110 Å². The lowest BCUT2D eigenvalue weighted by molar-refractivity contribution is -0.140. The zero-order chi connectivity index (χ0) is 19.0. The van der Waals surface area contributed by atoms with Crippen LogP contribution in [-0.4, -0.2) is 21.4 Å². The van der Waals surface area contributed by atoms with Crippen LogP contribution in [0, 0.1) is 0 Å². The molecule has 0 heterocycles. The molecule has 0 aliphatic carbocycles. The molecule has 148 valence electrons. The number of allylic oxidation sites excluding steroid dienone is 2. The van der Waals surface area contributed by atoms with Crippen LogP contribution >= 0.6 is 0 Å². The van der Waals surface area contributed by atoms with E-state index in [9.17, 15) is 10.2 Å². The summed E-state index contributed by atoms with van der Waals surface area (Å²) in [6.45, 7) is 11.1. The quantitative estimate of drug-likeness (QED) is 0.212. The van der Waals surface area contributed by atoms with Crippen LogP contribution < -0.4 is 0 Å². The summed E-state index contributed by atoms with van der Waals surface area (Å²) in [6, 6.07) is 0. The third-order valence-electron chi connectivity index (χ3n) is 5.55.